The van der Waals surface area contributed by atoms with Crippen molar-refractivity contribution < 1.29 is 27.5 Å². The highest BCUT2D eigenvalue weighted by Crippen LogP contribution is 2.34. The summed E-state index contributed by atoms with van der Waals surface area (Å²) in [5, 5.41) is 3.42. The van der Waals surface area contributed by atoms with E-state index in [1.54, 1.807) is 43.3 Å². The third-order valence-electron chi connectivity index (χ3n) is 5.42. The van der Waals surface area contributed by atoms with Crippen molar-refractivity contribution >= 4 is 39.1 Å². The number of carbonyl (C=O) groups is 2. The normalized spacial score (nSPS) is 14.1. The lowest BCUT2D eigenvalue weighted by atomic mass is 10.1. The summed E-state index contributed by atoms with van der Waals surface area (Å²) in [4.78, 5) is 27.9. The number of halogens is 1. The Kier molecular flexibility index (Phi) is 8.40. The predicted octanol–water partition coefficient (Wildman–Crippen LogP) is 3.21. The summed E-state index contributed by atoms with van der Waals surface area (Å²) in [5.41, 5.74) is 0.492. The number of anilines is 1. The van der Waals surface area contributed by atoms with Crippen LogP contribution >= 0.6 is 11.6 Å². The number of rotatable bonds is 8. The van der Waals surface area contributed by atoms with Crippen molar-refractivity contribution in [3.8, 4) is 11.5 Å². The number of fused-ring (bicyclic) bond motifs is 1. The van der Waals surface area contributed by atoms with Crippen molar-refractivity contribution in [1.82, 2.24) is 10.2 Å². The maximum absolute atomic E-state index is 13.6. The smallest absolute Gasteiger partial charge is 0.244 e. The van der Waals surface area contributed by atoms with Crippen LogP contribution in [0.25, 0.3) is 0 Å². The molecule has 36 heavy (non-hydrogen) atoms. The standard InChI is InChI=1S/C25H32ClN3O6S/c1-17(24(31)27-25(2,3)4)28(15-18-6-8-19(26)9-7-18)23(30)16-29(36(5,32)33)20-10-11-21-22(14-20)35-13-12-34-21/h6-11,14,17H,12-13,15-16H2,1-5H3,(H,27,31). The van der Waals surface area contributed by atoms with Gasteiger partial charge in [-0.1, -0.05) is 23.7 Å². The molecule has 3 rings (SSSR count). The summed E-state index contributed by atoms with van der Waals surface area (Å²) in [7, 11) is -3.85. The molecule has 1 aliphatic heterocycles. The number of nitrogens with one attached hydrogen (secondary N) is 1. The van der Waals surface area contributed by atoms with Gasteiger partial charge in [0.25, 0.3) is 0 Å². The molecule has 0 radical (unpaired) electrons. The Bertz CT molecular complexity index is 1210. The van der Waals surface area contributed by atoms with Crippen molar-refractivity contribution in [3.05, 3.63) is 53.1 Å². The van der Waals surface area contributed by atoms with Crippen molar-refractivity contribution in [2.24, 2.45) is 0 Å². The van der Waals surface area contributed by atoms with E-state index in [-0.39, 0.29) is 18.1 Å². The summed E-state index contributed by atoms with van der Waals surface area (Å²) < 4.78 is 37.6. The lowest BCUT2D eigenvalue weighted by molar-refractivity contribution is -0.140. The van der Waals surface area contributed by atoms with E-state index in [4.69, 9.17) is 21.1 Å². The second-order valence-electron chi connectivity index (χ2n) is 9.66. The maximum atomic E-state index is 13.6. The maximum Gasteiger partial charge on any atom is 0.244 e. The molecule has 2 aromatic rings. The molecule has 2 amide bonds. The number of ether oxygens (including phenoxy) is 2. The van der Waals surface area contributed by atoms with E-state index in [0.29, 0.717) is 29.7 Å². The predicted molar refractivity (Wildman–Crippen MR) is 139 cm³/mol. The van der Waals surface area contributed by atoms with Gasteiger partial charge in [0.2, 0.25) is 21.8 Å². The molecule has 1 unspecified atom stereocenters. The minimum Gasteiger partial charge on any atom is -0.486 e. The average molecular weight is 538 g/mol. The van der Waals surface area contributed by atoms with E-state index in [1.165, 1.54) is 11.0 Å². The molecule has 2 aromatic carbocycles. The molecule has 0 spiro atoms. The monoisotopic (exact) mass is 537 g/mol. The van der Waals surface area contributed by atoms with Crippen molar-refractivity contribution in [2.45, 2.75) is 45.8 Å². The van der Waals surface area contributed by atoms with Gasteiger partial charge in [-0.3, -0.25) is 13.9 Å². The molecule has 1 atom stereocenters. The van der Waals surface area contributed by atoms with Crippen LogP contribution in [-0.4, -0.2) is 62.7 Å². The van der Waals surface area contributed by atoms with Crippen LogP contribution in [0, 0.1) is 0 Å². The molecular formula is C25H32ClN3O6S. The Balaban J connectivity index is 1.92. The van der Waals surface area contributed by atoms with Crippen molar-refractivity contribution in [2.75, 3.05) is 30.3 Å². The zero-order valence-electron chi connectivity index (χ0n) is 21.1. The van der Waals surface area contributed by atoms with E-state index in [1.807, 2.05) is 20.8 Å². The Labute approximate surface area is 217 Å². The van der Waals surface area contributed by atoms with Gasteiger partial charge in [0.1, 0.15) is 25.8 Å². The number of carbonyl (C=O) groups excluding carboxylic acids is 2. The third kappa shape index (κ3) is 7.27. The molecule has 0 fully saturated rings. The first-order chi connectivity index (χ1) is 16.7. The molecule has 1 N–H and O–H groups in total. The minimum absolute atomic E-state index is 0.0907. The van der Waals surface area contributed by atoms with E-state index in [0.717, 1.165) is 16.1 Å². The fourth-order valence-corrected chi connectivity index (χ4v) is 4.61. The molecule has 9 nitrogen and oxygen atoms in total. The first-order valence-electron chi connectivity index (χ1n) is 11.5. The van der Waals surface area contributed by atoms with Gasteiger partial charge in [-0.2, -0.15) is 0 Å². The summed E-state index contributed by atoms with van der Waals surface area (Å²) in [6.45, 7) is 7.47. The average Bonchev–Trinajstić information content (AvgIpc) is 2.79. The molecule has 0 bridgehead atoms. The Hall–Kier alpha value is -2.98. The van der Waals surface area contributed by atoms with Crippen LogP contribution in [0.3, 0.4) is 0 Å². The third-order valence-corrected chi connectivity index (χ3v) is 6.82. The lowest BCUT2D eigenvalue weighted by Crippen LogP contribution is -2.54. The SMILES string of the molecule is CC(C(=O)NC(C)(C)C)N(Cc1ccc(Cl)cc1)C(=O)CN(c1ccc2c(c1)OCCO2)S(C)(=O)=O. The van der Waals surface area contributed by atoms with Gasteiger partial charge < -0.3 is 19.7 Å². The van der Waals surface area contributed by atoms with Gasteiger partial charge in [0, 0.05) is 23.2 Å². The van der Waals surface area contributed by atoms with Crippen LogP contribution in [0.5, 0.6) is 11.5 Å². The Morgan fingerprint density at radius 2 is 1.67 bits per heavy atom. The highest BCUT2D eigenvalue weighted by Gasteiger charge is 2.31. The first-order valence-corrected chi connectivity index (χ1v) is 13.7. The number of sulfonamides is 1. The van der Waals surface area contributed by atoms with Crippen molar-refractivity contribution in [3.63, 3.8) is 0 Å². The molecular weight excluding hydrogens is 506 g/mol. The number of hydrogen-bond donors (Lipinski definition) is 1. The largest absolute Gasteiger partial charge is 0.486 e. The molecule has 1 heterocycles. The summed E-state index contributed by atoms with van der Waals surface area (Å²) in [5.74, 6) is 0.00859. The summed E-state index contributed by atoms with van der Waals surface area (Å²) in [6.07, 6.45) is 1.02. The second-order valence-corrected chi connectivity index (χ2v) is 12.0. The van der Waals surface area contributed by atoms with Crippen LogP contribution in [0.4, 0.5) is 5.69 Å². The minimum atomic E-state index is -3.85. The van der Waals surface area contributed by atoms with Crippen LogP contribution in [0.2, 0.25) is 5.02 Å². The Morgan fingerprint density at radius 3 is 2.25 bits per heavy atom. The highest BCUT2D eigenvalue weighted by atomic mass is 35.5. The number of benzene rings is 2. The van der Waals surface area contributed by atoms with Gasteiger partial charge in [-0.15, -0.1) is 0 Å². The van der Waals surface area contributed by atoms with Crippen LogP contribution in [0.15, 0.2) is 42.5 Å². The number of nitrogens with zero attached hydrogens (tertiary/aromatic N) is 2. The molecule has 0 saturated carbocycles. The molecule has 1 aliphatic rings. The zero-order valence-corrected chi connectivity index (χ0v) is 22.6. The molecule has 0 aliphatic carbocycles. The van der Waals surface area contributed by atoms with E-state index >= 15 is 0 Å². The van der Waals surface area contributed by atoms with E-state index < -0.39 is 34.1 Å². The van der Waals surface area contributed by atoms with Crippen LogP contribution < -0.4 is 19.1 Å². The molecule has 0 saturated heterocycles. The quantitative estimate of drug-likeness (QED) is 0.554. The molecule has 11 heteroatoms. The van der Waals surface area contributed by atoms with Gasteiger partial charge >= 0.3 is 0 Å². The first kappa shape index (κ1) is 27.6. The van der Waals surface area contributed by atoms with Crippen LogP contribution in [-0.2, 0) is 26.2 Å². The highest BCUT2D eigenvalue weighted by molar-refractivity contribution is 7.92. The zero-order chi connectivity index (χ0) is 26.7. The van der Waals surface area contributed by atoms with Crippen molar-refractivity contribution in [1.29, 1.82) is 0 Å². The summed E-state index contributed by atoms with van der Waals surface area (Å²) in [6, 6.07) is 10.7. The van der Waals surface area contributed by atoms with Gasteiger partial charge in [0.15, 0.2) is 11.5 Å². The lowest BCUT2D eigenvalue weighted by Gasteiger charge is -2.33. The molecule has 0 aromatic heterocycles. The van der Waals surface area contributed by atoms with Gasteiger partial charge in [-0.05, 0) is 57.5 Å². The summed E-state index contributed by atoms with van der Waals surface area (Å²) >= 11 is 6.00. The van der Waals surface area contributed by atoms with E-state index in [9.17, 15) is 18.0 Å². The number of hydrogen-bond acceptors (Lipinski definition) is 6. The van der Waals surface area contributed by atoms with Crippen LogP contribution in [0.1, 0.15) is 33.3 Å². The Morgan fingerprint density at radius 1 is 1.06 bits per heavy atom. The topological polar surface area (TPSA) is 105 Å². The molecule has 196 valence electrons. The fourth-order valence-electron chi connectivity index (χ4n) is 3.64. The van der Waals surface area contributed by atoms with E-state index in [2.05, 4.69) is 5.32 Å². The van der Waals surface area contributed by atoms with Gasteiger partial charge in [0.05, 0.1) is 11.9 Å². The fraction of sp³-hybridized carbons (Fsp3) is 0.440. The second kappa shape index (κ2) is 11.0. The number of amides is 2. The van der Waals surface area contributed by atoms with Gasteiger partial charge in [-0.25, -0.2) is 8.42 Å².